The van der Waals surface area contributed by atoms with Crippen molar-refractivity contribution in [2.24, 2.45) is 0 Å². The highest BCUT2D eigenvalue weighted by molar-refractivity contribution is 5.82. The van der Waals surface area contributed by atoms with E-state index in [-0.39, 0.29) is 12.5 Å². The Morgan fingerprint density at radius 1 is 1.45 bits per heavy atom. The summed E-state index contributed by atoms with van der Waals surface area (Å²) in [5, 5.41) is 2.79. The van der Waals surface area contributed by atoms with Crippen LogP contribution in [0.2, 0.25) is 0 Å². The first-order valence-corrected chi connectivity index (χ1v) is 6.44. The number of methoxy groups -OCH3 is 1. The Hall–Kier alpha value is -1.92. The lowest BCUT2D eigenvalue weighted by molar-refractivity contribution is -0.157. The van der Waals surface area contributed by atoms with Gasteiger partial charge in [0.15, 0.2) is 6.23 Å². The summed E-state index contributed by atoms with van der Waals surface area (Å²) >= 11 is 0. The molecule has 2 unspecified atom stereocenters. The van der Waals surface area contributed by atoms with E-state index in [1.165, 1.54) is 7.11 Å². The maximum Gasteiger partial charge on any atom is 0.294 e. The van der Waals surface area contributed by atoms with Crippen molar-refractivity contribution in [2.75, 3.05) is 26.8 Å². The summed E-state index contributed by atoms with van der Waals surface area (Å²) in [7, 11) is 1.54. The third-order valence-corrected chi connectivity index (χ3v) is 3.27. The zero-order valence-electron chi connectivity index (χ0n) is 11.3. The highest BCUT2D eigenvalue weighted by atomic mass is 16.5. The molecular weight excluding hydrogens is 260 g/mol. The van der Waals surface area contributed by atoms with E-state index in [2.05, 4.69) is 5.32 Å². The number of carbonyl (C=O) groups excluding carboxylic acids is 2. The molecule has 6 nitrogen and oxygen atoms in total. The molecule has 1 saturated heterocycles. The zero-order valence-corrected chi connectivity index (χ0v) is 11.3. The van der Waals surface area contributed by atoms with Gasteiger partial charge in [0.2, 0.25) is 5.91 Å². The molecule has 20 heavy (non-hydrogen) atoms. The SMILES string of the molecule is COCC1C(=O)NCCN1C(OC=O)c1ccccc1. The van der Waals surface area contributed by atoms with E-state index in [0.29, 0.717) is 19.6 Å². The van der Waals surface area contributed by atoms with Crippen LogP contribution in [-0.2, 0) is 19.1 Å². The van der Waals surface area contributed by atoms with E-state index in [0.717, 1.165) is 5.56 Å². The van der Waals surface area contributed by atoms with Crippen LogP contribution in [0.1, 0.15) is 11.8 Å². The summed E-state index contributed by atoms with van der Waals surface area (Å²) in [6, 6.07) is 8.88. The molecule has 2 atom stereocenters. The number of hydrogen-bond acceptors (Lipinski definition) is 5. The van der Waals surface area contributed by atoms with Gasteiger partial charge in [0, 0.05) is 25.8 Å². The van der Waals surface area contributed by atoms with Crippen molar-refractivity contribution in [2.45, 2.75) is 12.3 Å². The number of piperazine rings is 1. The molecule has 1 amide bonds. The Labute approximate surface area is 117 Å². The minimum absolute atomic E-state index is 0.117. The van der Waals surface area contributed by atoms with Gasteiger partial charge in [-0.15, -0.1) is 0 Å². The molecule has 0 spiro atoms. The molecule has 1 heterocycles. The van der Waals surface area contributed by atoms with Gasteiger partial charge in [-0.25, -0.2) is 4.90 Å². The van der Waals surface area contributed by atoms with Crippen molar-refractivity contribution >= 4 is 12.4 Å². The van der Waals surface area contributed by atoms with Crippen molar-refractivity contribution in [1.82, 2.24) is 10.2 Å². The van der Waals surface area contributed by atoms with Crippen LogP contribution in [0.25, 0.3) is 0 Å². The van der Waals surface area contributed by atoms with Crippen LogP contribution in [0.3, 0.4) is 0 Å². The summed E-state index contributed by atoms with van der Waals surface area (Å²) in [6.07, 6.45) is -0.583. The van der Waals surface area contributed by atoms with Gasteiger partial charge >= 0.3 is 0 Å². The maximum atomic E-state index is 12.0. The van der Waals surface area contributed by atoms with Crippen molar-refractivity contribution in [3.63, 3.8) is 0 Å². The third-order valence-electron chi connectivity index (χ3n) is 3.27. The van der Waals surface area contributed by atoms with E-state index in [1.807, 2.05) is 35.2 Å². The molecular formula is C14H18N2O4. The topological polar surface area (TPSA) is 67.9 Å². The van der Waals surface area contributed by atoms with Gasteiger partial charge in [0.1, 0.15) is 6.04 Å². The van der Waals surface area contributed by atoms with Crippen molar-refractivity contribution < 1.29 is 19.1 Å². The van der Waals surface area contributed by atoms with Crippen molar-refractivity contribution in [1.29, 1.82) is 0 Å². The van der Waals surface area contributed by atoms with Gasteiger partial charge in [-0.3, -0.25) is 9.59 Å². The molecule has 0 aliphatic carbocycles. The lowest BCUT2D eigenvalue weighted by atomic mass is 10.1. The van der Waals surface area contributed by atoms with Gasteiger partial charge in [0.25, 0.3) is 6.47 Å². The number of hydrogen-bond donors (Lipinski definition) is 1. The predicted octanol–water partition coefficient (Wildman–Crippen LogP) is 0.305. The second-order valence-corrected chi connectivity index (χ2v) is 4.50. The minimum atomic E-state index is -0.583. The first-order chi connectivity index (χ1) is 9.77. The Bertz CT molecular complexity index is 452. The van der Waals surface area contributed by atoms with E-state index >= 15 is 0 Å². The molecule has 1 aliphatic heterocycles. The Morgan fingerprint density at radius 2 is 2.20 bits per heavy atom. The Kier molecular flexibility index (Phi) is 5.09. The fraction of sp³-hybridized carbons (Fsp3) is 0.429. The van der Waals surface area contributed by atoms with E-state index in [4.69, 9.17) is 9.47 Å². The Morgan fingerprint density at radius 3 is 2.85 bits per heavy atom. The number of nitrogens with one attached hydrogen (secondary N) is 1. The summed E-state index contributed by atoms with van der Waals surface area (Å²) in [4.78, 5) is 24.6. The molecule has 0 radical (unpaired) electrons. The van der Waals surface area contributed by atoms with Crippen LogP contribution < -0.4 is 5.32 Å². The molecule has 1 aliphatic rings. The lowest BCUT2D eigenvalue weighted by Gasteiger charge is -2.38. The van der Waals surface area contributed by atoms with Crippen LogP contribution in [-0.4, -0.2) is 50.1 Å². The summed E-state index contributed by atoms with van der Waals surface area (Å²) < 4.78 is 10.3. The van der Waals surface area contributed by atoms with Gasteiger partial charge in [-0.1, -0.05) is 30.3 Å². The molecule has 1 aromatic rings. The van der Waals surface area contributed by atoms with Crippen molar-refractivity contribution in [3.05, 3.63) is 35.9 Å². The first-order valence-electron chi connectivity index (χ1n) is 6.44. The summed E-state index contributed by atoms with van der Waals surface area (Å²) in [5.41, 5.74) is 0.829. The number of nitrogens with zero attached hydrogens (tertiary/aromatic N) is 1. The van der Waals surface area contributed by atoms with Crippen molar-refractivity contribution in [3.8, 4) is 0 Å². The normalized spacial score (nSPS) is 21.1. The minimum Gasteiger partial charge on any atom is -0.444 e. The van der Waals surface area contributed by atoms with E-state index in [9.17, 15) is 9.59 Å². The number of benzene rings is 1. The second-order valence-electron chi connectivity index (χ2n) is 4.50. The van der Waals surface area contributed by atoms with Crippen LogP contribution >= 0.6 is 0 Å². The molecule has 0 saturated carbocycles. The number of carbonyl (C=O) groups is 2. The summed E-state index contributed by atoms with van der Waals surface area (Å²) in [5.74, 6) is -0.117. The zero-order chi connectivity index (χ0) is 14.4. The standard InChI is InChI=1S/C14H18N2O4/c1-19-9-12-13(18)15-7-8-16(12)14(20-10-17)11-5-3-2-4-6-11/h2-6,10,12,14H,7-9H2,1H3,(H,15,18). The highest BCUT2D eigenvalue weighted by Crippen LogP contribution is 2.25. The van der Waals surface area contributed by atoms with E-state index in [1.54, 1.807) is 0 Å². The fourth-order valence-electron chi connectivity index (χ4n) is 2.36. The molecule has 1 N–H and O–H groups in total. The number of rotatable bonds is 6. The number of amides is 1. The average Bonchev–Trinajstić information content (AvgIpc) is 2.48. The molecule has 2 rings (SSSR count). The summed E-state index contributed by atoms with van der Waals surface area (Å²) in [6.45, 7) is 1.77. The third kappa shape index (κ3) is 3.15. The van der Waals surface area contributed by atoms with Gasteiger partial charge in [-0.2, -0.15) is 0 Å². The molecule has 6 heteroatoms. The lowest BCUT2D eigenvalue weighted by Crippen LogP contribution is -2.58. The van der Waals surface area contributed by atoms with Crippen LogP contribution in [0.4, 0.5) is 0 Å². The molecule has 0 aromatic heterocycles. The number of ether oxygens (including phenoxy) is 2. The molecule has 1 fully saturated rings. The van der Waals surface area contributed by atoms with Crippen LogP contribution in [0.5, 0.6) is 0 Å². The smallest absolute Gasteiger partial charge is 0.294 e. The molecule has 0 bridgehead atoms. The maximum absolute atomic E-state index is 12.0. The van der Waals surface area contributed by atoms with Gasteiger partial charge in [0.05, 0.1) is 6.61 Å². The monoisotopic (exact) mass is 278 g/mol. The fourth-order valence-corrected chi connectivity index (χ4v) is 2.36. The van der Waals surface area contributed by atoms with Crippen LogP contribution in [0.15, 0.2) is 30.3 Å². The molecule has 108 valence electrons. The molecule has 1 aromatic carbocycles. The second kappa shape index (κ2) is 7.02. The highest BCUT2D eigenvalue weighted by Gasteiger charge is 2.36. The van der Waals surface area contributed by atoms with E-state index < -0.39 is 12.3 Å². The quantitative estimate of drug-likeness (QED) is 0.758. The first kappa shape index (κ1) is 14.5. The van der Waals surface area contributed by atoms with Gasteiger partial charge < -0.3 is 14.8 Å². The van der Waals surface area contributed by atoms with Gasteiger partial charge in [-0.05, 0) is 0 Å². The predicted molar refractivity (Wildman–Crippen MR) is 71.7 cm³/mol. The largest absolute Gasteiger partial charge is 0.444 e. The Balaban J connectivity index is 2.26. The van der Waals surface area contributed by atoms with Crippen LogP contribution in [0, 0.1) is 0 Å². The average molecular weight is 278 g/mol.